The number of aliphatic imine (C=N–C) groups is 1. The predicted molar refractivity (Wildman–Crippen MR) is 44.4 cm³/mol. The smallest absolute Gasteiger partial charge is 0.235 e. The van der Waals surface area contributed by atoms with E-state index in [0.29, 0.717) is 11.5 Å². The lowest BCUT2D eigenvalue weighted by atomic mass is 10.2. The Morgan fingerprint density at radius 1 is 1.46 bits per heavy atom. The first-order valence-corrected chi connectivity index (χ1v) is 3.83. The summed E-state index contributed by atoms with van der Waals surface area (Å²) in [7, 11) is 0. The van der Waals surface area contributed by atoms with Crippen LogP contribution in [0, 0.1) is 0 Å². The third kappa shape index (κ3) is 1.39. The summed E-state index contributed by atoms with van der Waals surface area (Å²) in [5.41, 5.74) is 0.846. The monoisotopic (exact) mass is 177 g/mol. The summed E-state index contributed by atoms with van der Waals surface area (Å²) >= 11 is 0. The number of hydrogen-bond acceptors (Lipinski definition) is 4. The number of para-hydroxylation sites is 1. The number of carbonyl (C=O) groups excluding carboxylic acids is 1. The number of fused-ring (bicyclic) bond motifs is 1. The van der Waals surface area contributed by atoms with Crippen LogP contribution in [0.2, 0.25) is 0 Å². The van der Waals surface area contributed by atoms with E-state index in [9.17, 15) is 4.79 Å². The van der Waals surface area contributed by atoms with Crippen molar-refractivity contribution in [3.05, 3.63) is 23.8 Å². The van der Waals surface area contributed by atoms with Crippen molar-refractivity contribution in [1.82, 2.24) is 0 Å². The van der Waals surface area contributed by atoms with Crippen LogP contribution in [-0.4, -0.2) is 12.9 Å². The lowest BCUT2D eigenvalue weighted by Crippen LogP contribution is -1.94. The summed E-state index contributed by atoms with van der Waals surface area (Å²) in [6.07, 6.45) is 1.49. The van der Waals surface area contributed by atoms with Gasteiger partial charge in [-0.2, -0.15) is 0 Å². The summed E-state index contributed by atoms with van der Waals surface area (Å²) in [5, 5.41) is 0. The molecule has 0 radical (unpaired) electrons. The van der Waals surface area contributed by atoms with Crippen molar-refractivity contribution in [1.29, 1.82) is 0 Å². The second-order valence-corrected chi connectivity index (χ2v) is 2.56. The van der Waals surface area contributed by atoms with Crippen molar-refractivity contribution >= 4 is 6.08 Å². The summed E-state index contributed by atoms with van der Waals surface area (Å²) in [6.45, 7) is 0.521. The standard InChI is InChI=1S/C9H7NO3/c11-5-10-4-7-2-1-3-8-9(7)13-6-12-8/h1-3H,4,6H2. The normalized spacial score (nSPS) is 12.3. The van der Waals surface area contributed by atoms with Crippen molar-refractivity contribution < 1.29 is 14.3 Å². The van der Waals surface area contributed by atoms with Gasteiger partial charge in [-0.05, 0) is 6.07 Å². The minimum atomic E-state index is 0.233. The van der Waals surface area contributed by atoms with Gasteiger partial charge in [0.05, 0.1) is 6.54 Å². The largest absolute Gasteiger partial charge is 0.454 e. The third-order valence-electron chi connectivity index (χ3n) is 1.79. The second-order valence-electron chi connectivity index (χ2n) is 2.56. The van der Waals surface area contributed by atoms with Crippen LogP contribution >= 0.6 is 0 Å². The summed E-state index contributed by atoms with van der Waals surface area (Å²) < 4.78 is 10.4. The van der Waals surface area contributed by atoms with Gasteiger partial charge in [0.2, 0.25) is 12.9 Å². The molecule has 0 N–H and O–H groups in total. The van der Waals surface area contributed by atoms with Gasteiger partial charge < -0.3 is 9.47 Å². The van der Waals surface area contributed by atoms with Crippen LogP contribution in [0.25, 0.3) is 0 Å². The summed E-state index contributed by atoms with van der Waals surface area (Å²) in [4.78, 5) is 13.4. The van der Waals surface area contributed by atoms with Crippen molar-refractivity contribution in [2.75, 3.05) is 6.79 Å². The fraction of sp³-hybridized carbons (Fsp3) is 0.222. The zero-order chi connectivity index (χ0) is 9.10. The Hall–Kier alpha value is -1.80. The number of ether oxygens (including phenoxy) is 2. The first-order chi connectivity index (χ1) is 6.42. The molecule has 1 aromatic rings. The average Bonchev–Trinajstić information content (AvgIpc) is 2.62. The van der Waals surface area contributed by atoms with E-state index >= 15 is 0 Å². The summed E-state index contributed by atoms with van der Waals surface area (Å²) in [5.74, 6) is 1.39. The molecule has 4 heteroatoms. The average molecular weight is 177 g/mol. The van der Waals surface area contributed by atoms with E-state index < -0.39 is 0 Å². The first-order valence-electron chi connectivity index (χ1n) is 3.83. The molecule has 0 aromatic heterocycles. The van der Waals surface area contributed by atoms with Crippen LogP contribution in [0.3, 0.4) is 0 Å². The fourth-order valence-electron chi connectivity index (χ4n) is 1.23. The number of nitrogens with zero attached hydrogens (tertiary/aromatic N) is 1. The van der Waals surface area contributed by atoms with Crippen LogP contribution in [0.15, 0.2) is 23.2 Å². The molecule has 1 aliphatic rings. The third-order valence-corrected chi connectivity index (χ3v) is 1.79. The molecule has 0 fully saturated rings. The van der Waals surface area contributed by atoms with Crippen LogP contribution in [0.4, 0.5) is 0 Å². The molecule has 1 aromatic carbocycles. The molecule has 66 valence electrons. The topological polar surface area (TPSA) is 47.9 Å². The van der Waals surface area contributed by atoms with Gasteiger partial charge in [0.15, 0.2) is 11.5 Å². The molecule has 0 atom stereocenters. The number of isocyanates is 1. The van der Waals surface area contributed by atoms with Crippen LogP contribution in [0.1, 0.15) is 5.56 Å². The maximum atomic E-state index is 9.91. The lowest BCUT2D eigenvalue weighted by Gasteiger charge is -2.00. The van der Waals surface area contributed by atoms with Gasteiger partial charge >= 0.3 is 0 Å². The van der Waals surface area contributed by atoms with Gasteiger partial charge in [-0.15, -0.1) is 0 Å². The molecule has 0 amide bonds. The molecule has 0 aliphatic carbocycles. The highest BCUT2D eigenvalue weighted by Crippen LogP contribution is 2.35. The molecule has 2 rings (SSSR count). The number of rotatable bonds is 2. The molecule has 0 saturated heterocycles. The lowest BCUT2D eigenvalue weighted by molar-refractivity contribution is 0.173. The predicted octanol–water partition coefficient (Wildman–Crippen LogP) is 1.25. The zero-order valence-electron chi connectivity index (χ0n) is 6.82. The molecular formula is C9H7NO3. The summed E-state index contributed by atoms with van der Waals surface area (Å²) in [6, 6.07) is 5.49. The van der Waals surface area contributed by atoms with Gasteiger partial charge in [0, 0.05) is 5.56 Å². The van der Waals surface area contributed by atoms with Crippen molar-refractivity contribution in [3.8, 4) is 11.5 Å². The Morgan fingerprint density at radius 3 is 3.23 bits per heavy atom. The van der Waals surface area contributed by atoms with Gasteiger partial charge in [-0.3, -0.25) is 0 Å². The van der Waals surface area contributed by atoms with Gasteiger partial charge in [-0.25, -0.2) is 9.79 Å². The van der Waals surface area contributed by atoms with E-state index in [0.717, 1.165) is 5.56 Å². The van der Waals surface area contributed by atoms with Crippen LogP contribution < -0.4 is 9.47 Å². The minimum absolute atomic E-state index is 0.233. The fourth-order valence-corrected chi connectivity index (χ4v) is 1.23. The van der Waals surface area contributed by atoms with Crippen LogP contribution in [-0.2, 0) is 11.3 Å². The van der Waals surface area contributed by atoms with E-state index in [-0.39, 0.29) is 13.3 Å². The van der Waals surface area contributed by atoms with E-state index in [1.165, 1.54) is 6.08 Å². The highest BCUT2D eigenvalue weighted by Gasteiger charge is 2.16. The maximum absolute atomic E-state index is 9.91. The molecule has 0 saturated carbocycles. The highest BCUT2D eigenvalue weighted by molar-refractivity contribution is 5.48. The molecule has 4 nitrogen and oxygen atoms in total. The van der Waals surface area contributed by atoms with Gasteiger partial charge in [-0.1, -0.05) is 12.1 Å². The SMILES string of the molecule is O=C=NCc1cccc2c1OCO2. The molecule has 0 bridgehead atoms. The Balaban J connectivity index is 2.35. The van der Waals surface area contributed by atoms with E-state index in [2.05, 4.69) is 4.99 Å². The Labute approximate surface area is 74.8 Å². The van der Waals surface area contributed by atoms with E-state index in [1.54, 1.807) is 0 Å². The highest BCUT2D eigenvalue weighted by atomic mass is 16.7. The van der Waals surface area contributed by atoms with Crippen molar-refractivity contribution in [2.24, 2.45) is 4.99 Å². The quantitative estimate of drug-likeness (QED) is 0.504. The Bertz CT molecular complexity index is 369. The molecule has 13 heavy (non-hydrogen) atoms. The Morgan fingerprint density at radius 2 is 2.38 bits per heavy atom. The van der Waals surface area contributed by atoms with E-state index in [4.69, 9.17) is 9.47 Å². The Kier molecular flexibility index (Phi) is 1.98. The first kappa shape index (κ1) is 7.83. The van der Waals surface area contributed by atoms with Crippen LogP contribution in [0.5, 0.6) is 11.5 Å². The number of hydrogen-bond donors (Lipinski definition) is 0. The second kappa shape index (κ2) is 3.29. The van der Waals surface area contributed by atoms with Gasteiger partial charge in [0.1, 0.15) is 0 Å². The molecule has 1 heterocycles. The van der Waals surface area contributed by atoms with Crippen molar-refractivity contribution in [2.45, 2.75) is 6.54 Å². The minimum Gasteiger partial charge on any atom is -0.454 e. The molecule has 0 spiro atoms. The van der Waals surface area contributed by atoms with Crippen molar-refractivity contribution in [3.63, 3.8) is 0 Å². The van der Waals surface area contributed by atoms with Gasteiger partial charge in [0.25, 0.3) is 0 Å². The maximum Gasteiger partial charge on any atom is 0.235 e. The molecule has 1 aliphatic heterocycles. The number of benzene rings is 1. The van der Waals surface area contributed by atoms with E-state index in [1.807, 2.05) is 18.2 Å². The molecular weight excluding hydrogens is 170 g/mol. The molecule has 0 unspecified atom stereocenters. The zero-order valence-corrected chi connectivity index (χ0v) is 6.82.